The zero-order valence-corrected chi connectivity index (χ0v) is 19.1. The Morgan fingerprint density at radius 2 is 1.79 bits per heavy atom. The van der Waals surface area contributed by atoms with Crippen molar-refractivity contribution in [1.29, 1.82) is 0 Å². The van der Waals surface area contributed by atoms with E-state index in [-0.39, 0.29) is 10.8 Å². The Labute approximate surface area is 202 Å². The van der Waals surface area contributed by atoms with Crippen molar-refractivity contribution >= 4 is 45.8 Å². The van der Waals surface area contributed by atoms with Crippen molar-refractivity contribution in [2.75, 3.05) is 12.4 Å². The molecule has 1 N–H and O–H groups in total. The Hall–Kier alpha value is -3.88. The SMILES string of the molecule is COc1ccc(-n2nc3ccc(NC(=O)c4ccc(-c5ccc(F)c(Cl)c5)o4)cc3n2)cc1Cl. The summed E-state index contributed by atoms with van der Waals surface area (Å²) in [6, 6.07) is 17.7. The maximum Gasteiger partial charge on any atom is 0.291 e. The molecule has 0 fully saturated rings. The second kappa shape index (κ2) is 8.81. The summed E-state index contributed by atoms with van der Waals surface area (Å²) < 4.78 is 24.2. The van der Waals surface area contributed by atoms with E-state index in [0.29, 0.717) is 44.5 Å². The molecule has 5 rings (SSSR count). The van der Waals surface area contributed by atoms with Gasteiger partial charge in [0.15, 0.2) is 5.76 Å². The van der Waals surface area contributed by atoms with Gasteiger partial charge < -0.3 is 14.5 Å². The molecular formula is C24H15Cl2FN4O3. The Bertz CT molecular complexity index is 1550. The molecule has 10 heteroatoms. The monoisotopic (exact) mass is 496 g/mol. The number of hydrogen-bond donors (Lipinski definition) is 1. The Kier molecular flexibility index (Phi) is 5.69. The van der Waals surface area contributed by atoms with Crippen molar-refractivity contribution in [3.05, 3.63) is 88.4 Å². The van der Waals surface area contributed by atoms with Crippen LogP contribution in [0.5, 0.6) is 5.75 Å². The molecule has 3 aromatic carbocycles. The van der Waals surface area contributed by atoms with Gasteiger partial charge in [0.1, 0.15) is 28.4 Å². The molecule has 0 atom stereocenters. The topological polar surface area (TPSA) is 82.2 Å². The summed E-state index contributed by atoms with van der Waals surface area (Å²) in [5.41, 5.74) is 2.95. The van der Waals surface area contributed by atoms with Crippen LogP contribution in [-0.2, 0) is 0 Å². The number of nitrogens with one attached hydrogen (secondary N) is 1. The predicted molar refractivity (Wildman–Crippen MR) is 127 cm³/mol. The lowest BCUT2D eigenvalue weighted by Crippen LogP contribution is -2.10. The number of benzene rings is 3. The van der Waals surface area contributed by atoms with E-state index in [4.69, 9.17) is 32.4 Å². The molecule has 0 radical (unpaired) electrons. The highest BCUT2D eigenvalue weighted by Crippen LogP contribution is 2.28. The minimum atomic E-state index is -0.530. The molecule has 1 amide bonds. The molecule has 0 aliphatic rings. The van der Waals surface area contributed by atoms with Crippen LogP contribution < -0.4 is 10.1 Å². The van der Waals surface area contributed by atoms with Crippen LogP contribution in [0.15, 0.2) is 71.1 Å². The maximum absolute atomic E-state index is 13.4. The summed E-state index contributed by atoms with van der Waals surface area (Å²) in [4.78, 5) is 14.1. The number of nitrogens with zero attached hydrogens (tertiary/aromatic N) is 3. The number of amides is 1. The summed E-state index contributed by atoms with van der Waals surface area (Å²) in [7, 11) is 1.54. The average Bonchev–Trinajstić information content (AvgIpc) is 3.48. The summed E-state index contributed by atoms with van der Waals surface area (Å²) in [6.07, 6.45) is 0. The largest absolute Gasteiger partial charge is 0.495 e. The zero-order valence-electron chi connectivity index (χ0n) is 17.6. The molecule has 0 saturated carbocycles. The number of anilines is 1. The Morgan fingerprint density at radius 1 is 0.971 bits per heavy atom. The second-order valence-corrected chi connectivity index (χ2v) is 8.07. The molecule has 2 aromatic heterocycles. The van der Waals surface area contributed by atoms with Gasteiger partial charge in [-0.2, -0.15) is 4.80 Å². The summed E-state index contributed by atoms with van der Waals surface area (Å²) in [5, 5.41) is 12.1. The van der Waals surface area contributed by atoms with E-state index in [0.717, 1.165) is 0 Å². The van der Waals surface area contributed by atoms with Gasteiger partial charge in [-0.15, -0.1) is 10.2 Å². The van der Waals surface area contributed by atoms with E-state index in [2.05, 4.69) is 15.5 Å². The number of furan rings is 1. The van der Waals surface area contributed by atoms with E-state index in [9.17, 15) is 9.18 Å². The summed E-state index contributed by atoms with van der Waals surface area (Å²) >= 11 is 12.0. The first-order valence-electron chi connectivity index (χ1n) is 9.99. The molecule has 170 valence electrons. The van der Waals surface area contributed by atoms with E-state index >= 15 is 0 Å². The van der Waals surface area contributed by atoms with Gasteiger partial charge in [-0.05, 0) is 66.7 Å². The van der Waals surface area contributed by atoms with Crippen LogP contribution in [-0.4, -0.2) is 28.0 Å². The van der Waals surface area contributed by atoms with Gasteiger partial charge in [-0.3, -0.25) is 4.79 Å². The van der Waals surface area contributed by atoms with E-state index in [1.807, 2.05) is 0 Å². The summed E-state index contributed by atoms with van der Waals surface area (Å²) in [6.45, 7) is 0. The van der Waals surface area contributed by atoms with Crippen molar-refractivity contribution in [3.63, 3.8) is 0 Å². The fourth-order valence-electron chi connectivity index (χ4n) is 3.34. The van der Waals surface area contributed by atoms with Crippen molar-refractivity contribution in [2.24, 2.45) is 0 Å². The number of fused-ring (bicyclic) bond motifs is 1. The molecule has 0 saturated heterocycles. The van der Waals surface area contributed by atoms with Crippen molar-refractivity contribution < 1.29 is 18.3 Å². The first-order chi connectivity index (χ1) is 16.4. The minimum absolute atomic E-state index is 0.0295. The number of aromatic nitrogens is 3. The van der Waals surface area contributed by atoms with E-state index < -0.39 is 11.7 Å². The van der Waals surface area contributed by atoms with E-state index in [1.165, 1.54) is 29.1 Å². The third-order valence-electron chi connectivity index (χ3n) is 5.04. The highest BCUT2D eigenvalue weighted by atomic mass is 35.5. The molecule has 2 heterocycles. The van der Waals surface area contributed by atoms with Crippen LogP contribution in [0.4, 0.5) is 10.1 Å². The highest BCUT2D eigenvalue weighted by Gasteiger charge is 2.15. The number of carbonyl (C=O) groups excluding carboxylic acids is 1. The lowest BCUT2D eigenvalue weighted by Gasteiger charge is -2.04. The Balaban J connectivity index is 1.36. The Morgan fingerprint density at radius 3 is 2.56 bits per heavy atom. The molecule has 0 unspecified atom stereocenters. The standard InChI is InChI=1S/C24H15Cl2FN4O3/c1-33-22-7-4-15(12-17(22)26)31-29-19-6-3-14(11-20(19)30-31)28-24(32)23-9-8-21(34-23)13-2-5-18(27)16(25)10-13/h2-12H,1H3,(H,28,32). The molecule has 0 aliphatic carbocycles. The second-order valence-electron chi connectivity index (χ2n) is 7.26. The van der Waals surface area contributed by atoms with Crippen molar-refractivity contribution in [3.8, 4) is 22.8 Å². The minimum Gasteiger partial charge on any atom is -0.495 e. The normalized spacial score (nSPS) is 11.1. The van der Waals surface area contributed by atoms with Gasteiger partial charge in [0, 0.05) is 11.3 Å². The van der Waals surface area contributed by atoms with Crippen molar-refractivity contribution in [1.82, 2.24) is 15.0 Å². The lowest BCUT2D eigenvalue weighted by molar-refractivity contribution is 0.0997. The number of methoxy groups -OCH3 is 1. The van der Waals surface area contributed by atoms with Crippen LogP contribution in [0.1, 0.15) is 10.6 Å². The van der Waals surface area contributed by atoms with Crippen LogP contribution in [0.2, 0.25) is 10.0 Å². The molecule has 34 heavy (non-hydrogen) atoms. The molecular weight excluding hydrogens is 482 g/mol. The van der Waals surface area contributed by atoms with Gasteiger partial charge in [0.2, 0.25) is 0 Å². The first kappa shape index (κ1) is 21.9. The van der Waals surface area contributed by atoms with E-state index in [1.54, 1.807) is 49.6 Å². The summed E-state index contributed by atoms with van der Waals surface area (Å²) in [5.74, 6) is 0.0527. The number of carbonyl (C=O) groups is 1. The van der Waals surface area contributed by atoms with Crippen molar-refractivity contribution in [2.45, 2.75) is 0 Å². The molecule has 0 bridgehead atoms. The zero-order chi connectivity index (χ0) is 23.8. The number of ether oxygens (including phenoxy) is 1. The van der Waals surface area contributed by atoms with Crippen LogP contribution in [0.3, 0.4) is 0 Å². The third-order valence-corrected chi connectivity index (χ3v) is 5.62. The smallest absolute Gasteiger partial charge is 0.291 e. The van der Waals surface area contributed by atoms with Gasteiger partial charge in [0.25, 0.3) is 5.91 Å². The van der Waals surface area contributed by atoms with Gasteiger partial charge in [0.05, 0.1) is 22.8 Å². The fourth-order valence-corrected chi connectivity index (χ4v) is 3.78. The van der Waals surface area contributed by atoms with Gasteiger partial charge >= 0.3 is 0 Å². The predicted octanol–water partition coefficient (Wildman–Crippen LogP) is 6.39. The quantitative estimate of drug-likeness (QED) is 0.305. The van der Waals surface area contributed by atoms with Crippen LogP contribution in [0.25, 0.3) is 28.0 Å². The highest BCUT2D eigenvalue weighted by molar-refractivity contribution is 6.32. The maximum atomic E-state index is 13.4. The number of hydrogen-bond acceptors (Lipinski definition) is 5. The first-order valence-corrected chi connectivity index (χ1v) is 10.7. The lowest BCUT2D eigenvalue weighted by atomic mass is 10.2. The fraction of sp³-hybridized carbons (Fsp3) is 0.0417. The average molecular weight is 497 g/mol. The number of rotatable bonds is 5. The molecule has 0 spiro atoms. The third kappa shape index (κ3) is 4.21. The molecule has 0 aliphatic heterocycles. The number of halogens is 3. The van der Waals surface area contributed by atoms with Gasteiger partial charge in [-0.1, -0.05) is 23.2 Å². The molecule has 5 aromatic rings. The van der Waals surface area contributed by atoms with Gasteiger partial charge in [-0.25, -0.2) is 4.39 Å². The molecule has 7 nitrogen and oxygen atoms in total. The van der Waals surface area contributed by atoms with Crippen LogP contribution >= 0.6 is 23.2 Å². The van der Waals surface area contributed by atoms with Crippen LogP contribution in [0, 0.1) is 5.82 Å².